The molecule has 0 atom stereocenters. The van der Waals surface area contributed by atoms with Gasteiger partial charge in [0.15, 0.2) is 0 Å². The predicted molar refractivity (Wildman–Crippen MR) is 67.0 cm³/mol. The van der Waals surface area contributed by atoms with Crippen molar-refractivity contribution in [2.24, 2.45) is 5.10 Å². The zero-order valence-electron chi connectivity index (χ0n) is 9.06. The molecule has 0 fully saturated rings. The van der Waals surface area contributed by atoms with Crippen molar-refractivity contribution in [2.45, 2.75) is 0 Å². The van der Waals surface area contributed by atoms with E-state index in [1.807, 2.05) is 36.4 Å². The fourth-order valence-electron chi connectivity index (χ4n) is 1.62. The number of pyridine rings is 1. The van der Waals surface area contributed by atoms with Gasteiger partial charge in [0.25, 0.3) is 0 Å². The van der Waals surface area contributed by atoms with E-state index in [-0.39, 0.29) is 0 Å². The molecule has 0 saturated carbocycles. The Bertz CT molecular complexity index is 655. The van der Waals surface area contributed by atoms with Crippen molar-refractivity contribution in [3.05, 3.63) is 60.7 Å². The first-order chi connectivity index (χ1) is 8.43. The second kappa shape index (κ2) is 4.17. The molecule has 0 bridgehead atoms. The quantitative estimate of drug-likeness (QED) is 0.624. The van der Waals surface area contributed by atoms with E-state index in [1.165, 1.54) is 0 Å². The fraction of sp³-hybridized carbons (Fsp3) is 0. The van der Waals surface area contributed by atoms with Crippen LogP contribution in [0, 0.1) is 0 Å². The first kappa shape index (κ1) is 9.72. The highest BCUT2D eigenvalue weighted by molar-refractivity contribution is 5.80. The summed E-state index contributed by atoms with van der Waals surface area (Å²) in [4.78, 5) is 8.30. The summed E-state index contributed by atoms with van der Waals surface area (Å²) in [5.41, 5.74) is 2.90. The molecule has 0 aliphatic carbocycles. The summed E-state index contributed by atoms with van der Waals surface area (Å²) in [5.74, 6) is 0. The Kier molecular flexibility index (Phi) is 2.38. The van der Waals surface area contributed by atoms with E-state index >= 15 is 0 Å². The highest BCUT2D eigenvalue weighted by Gasteiger charge is 1.98. The van der Waals surface area contributed by atoms with Crippen LogP contribution in [0.25, 0.3) is 11.0 Å². The van der Waals surface area contributed by atoms with Crippen molar-refractivity contribution in [1.82, 2.24) is 14.6 Å². The van der Waals surface area contributed by atoms with Gasteiger partial charge in [-0.3, -0.25) is 4.98 Å². The third-order valence-electron chi connectivity index (χ3n) is 2.45. The van der Waals surface area contributed by atoms with Gasteiger partial charge in [0, 0.05) is 18.0 Å². The molecule has 0 radical (unpaired) electrons. The van der Waals surface area contributed by atoms with Crippen LogP contribution in [0.2, 0.25) is 0 Å². The lowest BCUT2D eigenvalue weighted by molar-refractivity contribution is 0.914. The number of imidazole rings is 1. The molecule has 0 aliphatic rings. The number of nitrogens with zero attached hydrogens (tertiary/aromatic N) is 4. The van der Waals surface area contributed by atoms with Crippen LogP contribution in [-0.2, 0) is 0 Å². The van der Waals surface area contributed by atoms with Gasteiger partial charge in [0.05, 0.1) is 17.2 Å². The minimum atomic E-state index is 0.941. The van der Waals surface area contributed by atoms with Gasteiger partial charge >= 0.3 is 0 Å². The molecule has 0 N–H and O–H groups in total. The average molecular weight is 222 g/mol. The van der Waals surface area contributed by atoms with Crippen LogP contribution >= 0.6 is 0 Å². The largest absolute Gasteiger partial charge is 0.264 e. The zero-order valence-corrected chi connectivity index (χ0v) is 9.06. The minimum absolute atomic E-state index is 0.941. The predicted octanol–water partition coefficient (Wildman–Crippen LogP) is 2.31. The van der Waals surface area contributed by atoms with E-state index < -0.39 is 0 Å². The van der Waals surface area contributed by atoms with Gasteiger partial charge in [-0.05, 0) is 18.2 Å². The molecule has 82 valence electrons. The van der Waals surface area contributed by atoms with Crippen LogP contribution in [-0.4, -0.2) is 20.9 Å². The van der Waals surface area contributed by atoms with Crippen LogP contribution in [0.4, 0.5) is 0 Å². The molecule has 0 unspecified atom stereocenters. The lowest BCUT2D eigenvalue weighted by Crippen LogP contribution is -1.89. The van der Waals surface area contributed by atoms with Gasteiger partial charge in [-0.1, -0.05) is 18.2 Å². The molecule has 2 aromatic heterocycles. The molecule has 2 heterocycles. The van der Waals surface area contributed by atoms with E-state index in [1.54, 1.807) is 29.6 Å². The molecular weight excluding hydrogens is 212 g/mol. The molecule has 4 heteroatoms. The van der Waals surface area contributed by atoms with Crippen molar-refractivity contribution in [3.8, 4) is 0 Å². The van der Waals surface area contributed by atoms with Gasteiger partial charge in [-0.2, -0.15) is 5.10 Å². The van der Waals surface area contributed by atoms with Crippen LogP contribution in [0.5, 0.6) is 0 Å². The molecule has 3 aromatic rings. The summed E-state index contributed by atoms with van der Waals surface area (Å²) in [6.45, 7) is 0. The van der Waals surface area contributed by atoms with Gasteiger partial charge < -0.3 is 0 Å². The van der Waals surface area contributed by atoms with Crippen LogP contribution in [0.3, 0.4) is 0 Å². The van der Waals surface area contributed by atoms with E-state index in [2.05, 4.69) is 15.1 Å². The monoisotopic (exact) mass is 222 g/mol. The maximum absolute atomic E-state index is 4.35. The Labute approximate surface area is 98.3 Å². The molecular formula is C13H10N4. The van der Waals surface area contributed by atoms with Crippen molar-refractivity contribution in [2.75, 3.05) is 0 Å². The number of rotatable bonds is 2. The van der Waals surface area contributed by atoms with Gasteiger partial charge in [0.2, 0.25) is 0 Å². The van der Waals surface area contributed by atoms with Gasteiger partial charge in [-0.15, -0.1) is 0 Å². The minimum Gasteiger partial charge on any atom is -0.264 e. The molecule has 4 nitrogen and oxygen atoms in total. The second-order valence-corrected chi connectivity index (χ2v) is 3.61. The van der Waals surface area contributed by atoms with Crippen molar-refractivity contribution >= 4 is 17.2 Å². The maximum Gasteiger partial charge on any atom is 0.118 e. The number of fused-ring (bicyclic) bond motifs is 1. The Morgan fingerprint density at radius 2 is 2.06 bits per heavy atom. The standard InChI is InChI=1S/C13H10N4/c1-2-6-13-12(5-1)15-10-17(13)16-9-11-4-3-7-14-8-11/h1-10H/b16-9+. The number of aromatic nitrogens is 3. The average Bonchev–Trinajstić information content (AvgIpc) is 2.81. The third kappa shape index (κ3) is 1.92. The molecule has 3 rings (SSSR count). The molecule has 1 aromatic carbocycles. The van der Waals surface area contributed by atoms with E-state index in [0.29, 0.717) is 0 Å². The van der Waals surface area contributed by atoms with Crippen LogP contribution in [0.1, 0.15) is 5.56 Å². The SMILES string of the molecule is C(=N\n1cnc2ccccc21)/c1cccnc1. The Morgan fingerprint density at radius 1 is 1.12 bits per heavy atom. The topological polar surface area (TPSA) is 43.1 Å². The van der Waals surface area contributed by atoms with Gasteiger partial charge in [0.1, 0.15) is 6.33 Å². The first-order valence-corrected chi connectivity index (χ1v) is 5.30. The van der Waals surface area contributed by atoms with E-state index in [4.69, 9.17) is 0 Å². The van der Waals surface area contributed by atoms with Crippen LogP contribution < -0.4 is 0 Å². The Balaban J connectivity index is 1.98. The number of hydrogen-bond acceptors (Lipinski definition) is 3. The smallest absolute Gasteiger partial charge is 0.118 e. The highest BCUT2D eigenvalue weighted by Crippen LogP contribution is 2.11. The molecule has 0 spiro atoms. The summed E-state index contributed by atoms with van der Waals surface area (Å²) in [6, 6.07) is 11.7. The fourth-order valence-corrected chi connectivity index (χ4v) is 1.62. The Hall–Kier alpha value is -2.49. The van der Waals surface area contributed by atoms with Crippen molar-refractivity contribution in [1.29, 1.82) is 0 Å². The number of para-hydroxylation sites is 2. The highest BCUT2D eigenvalue weighted by atomic mass is 15.4. The summed E-state index contributed by atoms with van der Waals surface area (Å²) >= 11 is 0. The summed E-state index contributed by atoms with van der Waals surface area (Å²) in [5, 5.41) is 4.35. The third-order valence-corrected chi connectivity index (χ3v) is 2.45. The Morgan fingerprint density at radius 3 is 2.94 bits per heavy atom. The molecule has 17 heavy (non-hydrogen) atoms. The number of benzene rings is 1. The van der Waals surface area contributed by atoms with Crippen molar-refractivity contribution < 1.29 is 0 Å². The van der Waals surface area contributed by atoms with Crippen LogP contribution in [0.15, 0.2) is 60.2 Å². The second-order valence-electron chi connectivity index (χ2n) is 3.61. The summed E-state index contributed by atoms with van der Waals surface area (Å²) < 4.78 is 1.75. The van der Waals surface area contributed by atoms with E-state index in [0.717, 1.165) is 16.6 Å². The molecule has 0 amide bonds. The van der Waals surface area contributed by atoms with Gasteiger partial charge in [-0.25, -0.2) is 9.66 Å². The molecule has 0 aliphatic heterocycles. The first-order valence-electron chi connectivity index (χ1n) is 5.30. The lowest BCUT2D eigenvalue weighted by Gasteiger charge is -1.95. The van der Waals surface area contributed by atoms with Crippen molar-refractivity contribution in [3.63, 3.8) is 0 Å². The summed E-state index contributed by atoms with van der Waals surface area (Å²) in [7, 11) is 0. The summed E-state index contributed by atoms with van der Waals surface area (Å²) in [6.07, 6.45) is 6.98. The normalized spacial score (nSPS) is 11.3. The zero-order chi connectivity index (χ0) is 11.5. The molecule has 0 saturated heterocycles. The van der Waals surface area contributed by atoms with E-state index in [9.17, 15) is 0 Å². The maximum atomic E-state index is 4.35. The lowest BCUT2D eigenvalue weighted by atomic mass is 10.3. The number of hydrogen-bond donors (Lipinski definition) is 0.